The third kappa shape index (κ3) is 2.61. The molecule has 1 heterocycles. The van der Waals surface area contributed by atoms with Gasteiger partial charge in [-0.3, -0.25) is 14.9 Å². The highest BCUT2D eigenvalue weighted by molar-refractivity contribution is 7.98. The largest absolute Gasteiger partial charge is 0.481 e. The number of carboxylic acids is 1. The number of benzene rings is 1. The Kier molecular flexibility index (Phi) is 4.22. The van der Waals surface area contributed by atoms with E-state index in [9.17, 15) is 14.9 Å². The molecule has 6 nitrogen and oxygen atoms in total. The predicted molar refractivity (Wildman–Crippen MR) is 82.0 cm³/mol. The third-order valence-electron chi connectivity index (χ3n) is 3.71. The Labute approximate surface area is 125 Å². The molecule has 0 atom stereocenters. The van der Waals surface area contributed by atoms with Crippen LogP contribution < -0.4 is 0 Å². The van der Waals surface area contributed by atoms with Crippen LogP contribution in [0.1, 0.15) is 17.7 Å². The van der Waals surface area contributed by atoms with Crippen molar-refractivity contribution in [1.29, 1.82) is 0 Å². The Morgan fingerprint density at radius 1 is 1.48 bits per heavy atom. The molecular formula is C14H16N2O4S. The molecule has 1 N–H and O–H groups in total. The van der Waals surface area contributed by atoms with Crippen LogP contribution in [-0.4, -0.2) is 26.8 Å². The van der Waals surface area contributed by atoms with E-state index in [4.69, 9.17) is 5.11 Å². The summed E-state index contributed by atoms with van der Waals surface area (Å²) in [4.78, 5) is 22.5. The highest BCUT2D eigenvalue weighted by Crippen LogP contribution is 2.39. The topological polar surface area (TPSA) is 85.4 Å². The number of hydrogen-bond donors (Lipinski definition) is 1. The summed E-state index contributed by atoms with van der Waals surface area (Å²) in [5.41, 5.74) is 2.45. The first kappa shape index (κ1) is 15.4. The standard InChI is InChI=1S/C14H16N2O4S/c1-8-9(4-7-12(17)18)13-10(15(8)2)5-6-11(21-3)14(13)16(19)20/h5-6H,4,7H2,1-3H3,(H,17,18). The van der Waals surface area contributed by atoms with E-state index in [1.807, 2.05) is 24.6 Å². The molecule has 0 spiro atoms. The molecule has 0 aliphatic heterocycles. The minimum atomic E-state index is -0.907. The molecule has 0 bridgehead atoms. The van der Waals surface area contributed by atoms with Gasteiger partial charge >= 0.3 is 5.97 Å². The SMILES string of the molecule is CSc1ccc2c(c(CCC(=O)O)c(C)n2C)c1[N+](=O)[O-]. The summed E-state index contributed by atoms with van der Waals surface area (Å²) in [5, 5.41) is 20.9. The number of carbonyl (C=O) groups is 1. The van der Waals surface area contributed by atoms with Crippen LogP contribution in [0.3, 0.4) is 0 Å². The lowest BCUT2D eigenvalue weighted by Gasteiger charge is -2.03. The van der Waals surface area contributed by atoms with E-state index in [-0.39, 0.29) is 23.5 Å². The summed E-state index contributed by atoms with van der Waals surface area (Å²) in [6.45, 7) is 1.86. The highest BCUT2D eigenvalue weighted by atomic mass is 32.2. The quantitative estimate of drug-likeness (QED) is 0.521. The zero-order valence-corrected chi connectivity index (χ0v) is 12.9. The van der Waals surface area contributed by atoms with Gasteiger partial charge in [-0.1, -0.05) is 0 Å². The lowest BCUT2D eigenvalue weighted by Crippen LogP contribution is -2.00. The first-order valence-electron chi connectivity index (χ1n) is 6.39. The van der Waals surface area contributed by atoms with E-state index >= 15 is 0 Å². The van der Waals surface area contributed by atoms with Crippen molar-refractivity contribution in [2.45, 2.75) is 24.7 Å². The molecule has 0 radical (unpaired) electrons. The number of hydrogen-bond acceptors (Lipinski definition) is 4. The van der Waals surface area contributed by atoms with Gasteiger partial charge in [0, 0.05) is 19.2 Å². The van der Waals surface area contributed by atoms with Gasteiger partial charge in [-0.15, -0.1) is 11.8 Å². The number of aromatic nitrogens is 1. The van der Waals surface area contributed by atoms with E-state index in [0.717, 1.165) is 16.8 Å². The zero-order chi connectivity index (χ0) is 15.7. The fourth-order valence-corrected chi connectivity index (χ4v) is 3.16. The minimum absolute atomic E-state index is 0.0411. The van der Waals surface area contributed by atoms with Gasteiger partial charge in [0.05, 0.1) is 20.7 Å². The van der Waals surface area contributed by atoms with Crippen molar-refractivity contribution in [3.05, 3.63) is 33.5 Å². The van der Waals surface area contributed by atoms with Crippen molar-refractivity contribution in [2.24, 2.45) is 7.05 Å². The second-order valence-corrected chi connectivity index (χ2v) is 5.63. The summed E-state index contributed by atoms with van der Waals surface area (Å²) in [5.74, 6) is -0.907. The van der Waals surface area contributed by atoms with Crippen molar-refractivity contribution in [1.82, 2.24) is 4.57 Å². The first-order valence-corrected chi connectivity index (χ1v) is 7.62. The van der Waals surface area contributed by atoms with Crippen LogP contribution in [0.4, 0.5) is 5.69 Å². The molecule has 21 heavy (non-hydrogen) atoms. The number of nitrogens with zero attached hydrogens (tertiary/aromatic N) is 2. The average molecular weight is 308 g/mol. The molecule has 1 aromatic heterocycles. The van der Waals surface area contributed by atoms with Crippen molar-refractivity contribution >= 4 is 34.3 Å². The van der Waals surface area contributed by atoms with Gasteiger partial charge in [-0.05, 0) is 37.3 Å². The normalized spacial score (nSPS) is 11.0. The van der Waals surface area contributed by atoms with Crippen LogP contribution in [0.5, 0.6) is 0 Å². The summed E-state index contributed by atoms with van der Waals surface area (Å²) < 4.78 is 1.88. The fourth-order valence-electron chi connectivity index (χ4n) is 2.59. The van der Waals surface area contributed by atoms with E-state index < -0.39 is 5.97 Å². The third-order valence-corrected chi connectivity index (χ3v) is 4.48. The van der Waals surface area contributed by atoms with Gasteiger partial charge < -0.3 is 9.67 Å². The molecule has 0 saturated carbocycles. The average Bonchev–Trinajstić information content (AvgIpc) is 2.67. The van der Waals surface area contributed by atoms with Gasteiger partial charge in [-0.25, -0.2) is 0 Å². The number of carboxylic acid groups (broad SMARTS) is 1. The Morgan fingerprint density at radius 2 is 2.14 bits per heavy atom. The number of thioether (sulfide) groups is 1. The number of fused-ring (bicyclic) bond motifs is 1. The van der Waals surface area contributed by atoms with Crippen LogP contribution >= 0.6 is 11.8 Å². The zero-order valence-electron chi connectivity index (χ0n) is 12.0. The number of rotatable bonds is 5. The van der Waals surface area contributed by atoms with Crippen molar-refractivity contribution in [3.8, 4) is 0 Å². The second kappa shape index (κ2) is 5.77. The predicted octanol–water partition coefficient (Wildman–Crippen LogP) is 3.13. The Bertz CT molecular complexity index is 736. The molecule has 0 saturated heterocycles. The van der Waals surface area contributed by atoms with Crippen molar-refractivity contribution < 1.29 is 14.8 Å². The van der Waals surface area contributed by atoms with Gasteiger partial charge in [0.25, 0.3) is 5.69 Å². The summed E-state index contributed by atoms with van der Waals surface area (Å²) in [6, 6.07) is 3.59. The number of nitro benzene ring substituents is 1. The van der Waals surface area contributed by atoms with Crippen molar-refractivity contribution in [3.63, 3.8) is 0 Å². The smallest absolute Gasteiger partial charge is 0.303 e. The van der Waals surface area contributed by atoms with Gasteiger partial charge in [-0.2, -0.15) is 0 Å². The van der Waals surface area contributed by atoms with Crippen LogP contribution in [0.25, 0.3) is 10.9 Å². The molecule has 0 fully saturated rings. The van der Waals surface area contributed by atoms with Crippen LogP contribution in [0.15, 0.2) is 17.0 Å². The highest BCUT2D eigenvalue weighted by Gasteiger charge is 2.25. The Balaban J connectivity index is 2.79. The summed E-state index contributed by atoms with van der Waals surface area (Å²) in [6.07, 6.45) is 2.04. The van der Waals surface area contributed by atoms with E-state index in [0.29, 0.717) is 10.3 Å². The molecule has 1 aromatic carbocycles. The molecule has 7 heteroatoms. The molecule has 2 aromatic rings. The second-order valence-electron chi connectivity index (χ2n) is 4.78. The maximum absolute atomic E-state index is 11.5. The fraction of sp³-hybridized carbons (Fsp3) is 0.357. The minimum Gasteiger partial charge on any atom is -0.481 e. The Morgan fingerprint density at radius 3 is 2.67 bits per heavy atom. The molecule has 112 valence electrons. The molecule has 0 amide bonds. The van der Waals surface area contributed by atoms with Gasteiger partial charge in [0.1, 0.15) is 0 Å². The first-order chi connectivity index (χ1) is 9.88. The number of nitro groups is 1. The van der Waals surface area contributed by atoms with E-state index in [1.54, 1.807) is 12.3 Å². The summed E-state index contributed by atoms with van der Waals surface area (Å²) >= 11 is 1.32. The van der Waals surface area contributed by atoms with Crippen LogP contribution in [0, 0.1) is 17.0 Å². The lowest BCUT2D eigenvalue weighted by atomic mass is 10.0. The lowest BCUT2D eigenvalue weighted by molar-refractivity contribution is -0.385. The van der Waals surface area contributed by atoms with E-state index in [2.05, 4.69) is 0 Å². The number of aryl methyl sites for hydroxylation is 2. The van der Waals surface area contributed by atoms with E-state index in [1.165, 1.54) is 11.8 Å². The molecule has 2 rings (SSSR count). The molecular weight excluding hydrogens is 292 g/mol. The van der Waals surface area contributed by atoms with Gasteiger partial charge in [0.2, 0.25) is 0 Å². The monoisotopic (exact) mass is 308 g/mol. The maximum Gasteiger partial charge on any atom is 0.303 e. The number of aliphatic carboxylic acids is 1. The van der Waals surface area contributed by atoms with Gasteiger partial charge in [0.15, 0.2) is 0 Å². The van der Waals surface area contributed by atoms with Crippen molar-refractivity contribution in [2.75, 3.05) is 6.26 Å². The maximum atomic E-state index is 11.5. The van der Waals surface area contributed by atoms with Crippen LogP contribution in [-0.2, 0) is 18.3 Å². The van der Waals surface area contributed by atoms with Crippen LogP contribution in [0.2, 0.25) is 0 Å². The summed E-state index contributed by atoms with van der Waals surface area (Å²) in [7, 11) is 1.84. The molecule has 0 aliphatic rings. The molecule has 0 unspecified atom stereocenters. The molecule has 0 aliphatic carbocycles. The Hall–Kier alpha value is -2.02.